The van der Waals surface area contributed by atoms with Crippen LogP contribution in [-0.4, -0.2) is 40.3 Å². The fourth-order valence-corrected chi connectivity index (χ4v) is 3.51. The number of benzene rings is 2. The van der Waals surface area contributed by atoms with Crippen LogP contribution in [-0.2, 0) is 4.79 Å². The molecule has 0 saturated heterocycles. The van der Waals surface area contributed by atoms with Crippen LogP contribution in [0.1, 0.15) is 18.9 Å². The lowest BCUT2D eigenvalue weighted by Gasteiger charge is -2.27. The molecule has 0 spiro atoms. The van der Waals surface area contributed by atoms with Crippen LogP contribution in [0.4, 0.5) is 5.82 Å². The minimum absolute atomic E-state index is 0.132. The van der Waals surface area contributed by atoms with E-state index in [0.717, 1.165) is 24.3 Å². The lowest BCUT2D eigenvalue weighted by atomic mass is 10.0. The SMILES string of the molecule is CC(=O)CN1CCC=C(c2c(N)ncnc2Oc2ccc(Oc3ccccc3)cc2)C1. The third kappa shape index (κ3) is 5.26. The molecule has 4 rings (SSSR count). The highest BCUT2D eigenvalue weighted by atomic mass is 16.5. The molecule has 0 saturated carbocycles. The molecule has 2 N–H and O–H groups in total. The summed E-state index contributed by atoms with van der Waals surface area (Å²) < 4.78 is 11.9. The molecule has 3 aromatic rings. The standard InChI is InChI=1S/C24H24N4O3/c1-17(29)14-28-13-5-6-18(15-28)22-23(25)26-16-27-24(22)31-21-11-9-20(10-12-21)30-19-7-3-2-4-8-19/h2-4,6-12,16H,5,13-15H2,1H3,(H2,25,26,27). The quantitative estimate of drug-likeness (QED) is 0.613. The van der Waals surface area contributed by atoms with Gasteiger partial charge < -0.3 is 15.2 Å². The summed E-state index contributed by atoms with van der Waals surface area (Å²) in [4.78, 5) is 22.1. The Hall–Kier alpha value is -3.71. The maximum absolute atomic E-state index is 11.5. The first-order chi connectivity index (χ1) is 15.1. The number of hydrogen-bond donors (Lipinski definition) is 1. The number of Topliss-reactive ketones (excluding diaryl/α,β-unsaturated/α-hetero) is 1. The van der Waals surface area contributed by atoms with E-state index in [0.29, 0.717) is 41.8 Å². The van der Waals surface area contributed by atoms with Crippen molar-refractivity contribution in [3.63, 3.8) is 0 Å². The average Bonchev–Trinajstić information content (AvgIpc) is 2.76. The lowest BCUT2D eigenvalue weighted by Crippen LogP contribution is -2.33. The third-order valence-corrected chi connectivity index (χ3v) is 4.86. The monoisotopic (exact) mass is 416 g/mol. The van der Waals surface area contributed by atoms with Crippen LogP contribution < -0.4 is 15.2 Å². The van der Waals surface area contributed by atoms with E-state index in [-0.39, 0.29) is 5.78 Å². The van der Waals surface area contributed by atoms with Crippen LogP contribution in [0, 0.1) is 0 Å². The van der Waals surface area contributed by atoms with Crippen molar-refractivity contribution >= 4 is 17.2 Å². The number of rotatable bonds is 7. The molecular weight excluding hydrogens is 392 g/mol. The second-order valence-electron chi connectivity index (χ2n) is 7.36. The van der Waals surface area contributed by atoms with Crippen molar-refractivity contribution in [3.05, 3.63) is 72.6 Å². The second kappa shape index (κ2) is 9.40. The number of hydrogen-bond acceptors (Lipinski definition) is 7. The number of nitrogens with two attached hydrogens (primary N) is 1. The Morgan fingerprint density at radius 1 is 1.00 bits per heavy atom. The number of aromatic nitrogens is 2. The second-order valence-corrected chi connectivity index (χ2v) is 7.36. The minimum Gasteiger partial charge on any atom is -0.457 e. The summed E-state index contributed by atoms with van der Waals surface area (Å²) in [6.07, 6.45) is 4.31. The van der Waals surface area contributed by atoms with Gasteiger partial charge in [-0.25, -0.2) is 9.97 Å². The molecule has 0 aliphatic carbocycles. The summed E-state index contributed by atoms with van der Waals surface area (Å²) in [6.45, 7) is 3.43. The fourth-order valence-electron chi connectivity index (χ4n) is 3.51. The van der Waals surface area contributed by atoms with Crippen molar-refractivity contribution in [1.82, 2.24) is 14.9 Å². The zero-order valence-corrected chi connectivity index (χ0v) is 17.3. The van der Waals surface area contributed by atoms with Gasteiger partial charge in [0.05, 0.1) is 12.1 Å². The Morgan fingerprint density at radius 3 is 2.39 bits per heavy atom. The first kappa shape index (κ1) is 20.6. The lowest BCUT2D eigenvalue weighted by molar-refractivity contribution is -0.118. The topological polar surface area (TPSA) is 90.6 Å². The van der Waals surface area contributed by atoms with Gasteiger partial charge >= 0.3 is 0 Å². The molecule has 7 heteroatoms. The highest BCUT2D eigenvalue weighted by Gasteiger charge is 2.21. The minimum atomic E-state index is 0.132. The maximum atomic E-state index is 11.5. The van der Waals surface area contributed by atoms with Gasteiger partial charge in [-0.15, -0.1) is 0 Å². The zero-order chi connectivity index (χ0) is 21.6. The van der Waals surface area contributed by atoms with Gasteiger partial charge in [0, 0.05) is 13.1 Å². The molecule has 2 heterocycles. The van der Waals surface area contributed by atoms with Crippen molar-refractivity contribution < 1.29 is 14.3 Å². The van der Waals surface area contributed by atoms with E-state index in [9.17, 15) is 4.79 Å². The van der Waals surface area contributed by atoms with Gasteiger partial charge in [0.25, 0.3) is 0 Å². The Kier molecular flexibility index (Phi) is 6.24. The number of carbonyl (C=O) groups excluding carboxylic acids is 1. The number of ketones is 1. The van der Waals surface area contributed by atoms with Crippen molar-refractivity contribution in [2.45, 2.75) is 13.3 Å². The van der Waals surface area contributed by atoms with E-state index in [1.165, 1.54) is 6.33 Å². The summed E-state index contributed by atoms with van der Waals surface area (Å²) in [6, 6.07) is 16.9. The summed E-state index contributed by atoms with van der Waals surface area (Å²) in [5.41, 5.74) is 7.81. The van der Waals surface area contributed by atoms with Gasteiger partial charge in [-0.1, -0.05) is 24.3 Å². The van der Waals surface area contributed by atoms with E-state index >= 15 is 0 Å². The predicted molar refractivity (Wildman–Crippen MR) is 119 cm³/mol. The van der Waals surface area contributed by atoms with E-state index in [1.54, 1.807) is 6.92 Å². The van der Waals surface area contributed by atoms with E-state index in [4.69, 9.17) is 15.2 Å². The third-order valence-electron chi connectivity index (χ3n) is 4.86. The molecule has 7 nitrogen and oxygen atoms in total. The molecule has 1 aromatic heterocycles. The normalized spacial score (nSPS) is 14.0. The average molecular weight is 416 g/mol. The smallest absolute Gasteiger partial charge is 0.232 e. The Balaban J connectivity index is 1.52. The van der Waals surface area contributed by atoms with Crippen molar-refractivity contribution in [2.24, 2.45) is 0 Å². The fraction of sp³-hybridized carbons (Fsp3) is 0.208. The molecule has 31 heavy (non-hydrogen) atoms. The number of nitrogens with zero attached hydrogens (tertiary/aromatic N) is 3. The van der Waals surface area contributed by atoms with E-state index < -0.39 is 0 Å². The highest BCUT2D eigenvalue weighted by molar-refractivity contribution is 5.80. The van der Waals surface area contributed by atoms with Crippen LogP contribution in [0.25, 0.3) is 5.57 Å². The summed E-state index contributed by atoms with van der Waals surface area (Å²) >= 11 is 0. The molecule has 0 radical (unpaired) electrons. The van der Waals surface area contributed by atoms with E-state index in [1.807, 2.05) is 54.6 Å². The number of anilines is 1. The Morgan fingerprint density at radius 2 is 1.68 bits per heavy atom. The van der Waals surface area contributed by atoms with Crippen molar-refractivity contribution in [1.29, 1.82) is 0 Å². The molecule has 1 aliphatic rings. The molecular formula is C24H24N4O3. The summed E-state index contributed by atoms with van der Waals surface area (Å²) in [5.74, 6) is 2.95. The molecule has 0 amide bonds. The van der Waals surface area contributed by atoms with Gasteiger partial charge in [0.2, 0.25) is 5.88 Å². The first-order valence-electron chi connectivity index (χ1n) is 10.1. The van der Waals surface area contributed by atoms with Crippen LogP contribution in [0.2, 0.25) is 0 Å². The van der Waals surface area contributed by atoms with Crippen molar-refractivity contribution in [2.75, 3.05) is 25.4 Å². The van der Waals surface area contributed by atoms with E-state index in [2.05, 4.69) is 20.9 Å². The molecule has 0 unspecified atom stereocenters. The largest absolute Gasteiger partial charge is 0.457 e. The first-order valence-corrected chi connectivity index (χ1v) is 10.1. The number of ether oxygens (including phenoxy) is 2. The molecule has 2 aromatic carbocycles. The Bertz CT molecular complexity index is 1080. The Labute approximate surface area is 181 Å². The van der Waals surface area contributed by atoms with Crippen LogP contribution in [0.5, 0.6) is 23.1 Å². The van der Waals surface area contributed by atoms with Crippen LogP contribution in [0.3, 0.4) is 0 Å². The molecule has 0 fully saturated rings. The summed E-state index contributed by atoms with van der Waals surface area (Å²) in [7, 11) is 0. The highest BCUT2D eigenvalue weighted by Crippen LogP contribution is 2.34. The maximum Gasteiger partial charge on any atom is 0.232 e. The van der Waals surface area contributed by atoms with Gasteiger partial charge in [-0.3, -0.25) is 9.69 Å². The molecule has 0 bridgehead atoms. The molecule has 1 aliphatic heterocycles. The van der Waals surface area contributed by atoms with Gasteiger partial charge in [-0.2, -0.15) is 0 Å². The van der Waals surface area contributed by atoms with Gasteiger partial charge in [0.1, 0.15) is 35.2 Å². The molecule has 0 atom stereocenters. The zero-order valence-electron chi connectivity index (χ0n) is 17.3. The number of carbonyl (C=O) groups is 1. The number of para-hydroxylation sites is 1. The number of nitrogen functional groups attached to an aromatic ring is 1. The molecule has 158 valence electrons. The van der Waals surface area contributed by atoms with Crippen LogP contribution >= 0.6 is 0 Å². The van der Waals surface area contributed by atoms with Crippen molar-refractivity contribution in [3.8, 4) is 23.1 Å². The van der Waals surface area contributed by atoms with Gasteiger partial charge in [0.15, 0.2) is 0 Å². The summed E-state index contributed by atoms with van der Waals surface area (Å²) in [5, 5.41) is 0. The van der Waals surface area contributed by atoms with Gasteiger partial charge in [-0.05, 0) is 55.3 Å². The van der Waals surface area contributed by atoms with Crippen LogP contribution in [0.15, 0.2) is 67.0 Å². The predicted octanol–water partition coefficient (Wildman–Crippen LogP) is 4.32.